The van der Waals surface area contributed by atoms with E-state index in [2.05, 4.69) is 46.5 Å². The minimum atomic E-state index is 0.798. The maximum absolute atomic E-state index is 5.78. The number of likely N-dealkylation sites (tertiary alicyclic amines) is 1. The molecule has 1 aromatic carbocycles. The zero-order chi connectivity index (χ0) is 12.1. The van der Waals surface area contributed by atoms with Crippen LogP contribution in [0.2, 0.25) is 0 Å². The minimum absolute atomic E-state index is 0.798. The van der Waals surface area contributed by atoms with Crippen LogP contribution in [0, 0.1) is 9.49 Å². The lowest BCUT2D eigenvalue weighted by molar-refractivity contribution is 0.153. The van der Waals surface area contributed by atoms with Gasteiger partial charge in [-0.15, -0.1) is 0 Å². The van der Waals surface area contributed by atoms with E-state index in [4.69, 9.17) is 4.74 Å². The van der Waals surface area contributed by atoms with E-state index in [1.165, 1.54) is 29.5 Å². The Hall–Kier alpha value is -0.290. The Morgan fingerprint density at radius 2 is 2.35 bits per heavy atom. The number of piperidine rings is 1. The molecule has 1 saturated heterocycles. The molecule has 0 spiro atoms. The topological polar surface area (TPSA) is 12.5 Å². The summed E-state index contributed by atoms with van der Waals surface area (Å²) in [4.78, 5) is 2.52. The lowest BCUT2D eigenvalue weighted by Gasteiger charge is -2.30. The van der Waals surface area contributed by atoms with Crippen LogP contribution in [0.15, 0.2) is 24.3 Å². The van der Waals surface area contributed by atoms with Crippen molar-refractivity contribution in [1.29, 1.82) is 0 Å². The highest BCUT2D eigenvalue weighted by Crippen LogP contribution is 2.16. The van der Waals surface area contributed by atoms with E-state index in [1.807, 2.05) is 12.1 Å². The summed E-state index contributed by atoms with van der Waals surface area (Å²) in [5.74, 6) is 1.84. The summed E-state index contributed by atoms with van der Waals surface area (Å²) in [5, 5.41) is 0. The SMILES string of the molecule is CC1CCCN(CCOc2cccc(I)c2)C1. The summed E-state index contributed by atoms with van der Waals surface area (Å²) in [6.07, 6.45) is 2.72. The van der Waals surface area contributed by atoms with Crippen molar-refractivity contribution in [2.75, 3.05) is 26.2 Å². The fraction of sp³-hybridized carbons (Fsp3) is 0.571. The van der Waals surface area contributed by atoms with Crippen LogP contribution in [-0.2, 0) is 0 Å². The maximum atomic E-state index is 5.78. The molecule has 1 aliphatic heterocycles. The van der Waals surface area contributed by atoms with Crippen LogP contribution in [0.5, 0.6) is 5.75 Å². The molecular formula is C14H20INO. The predicted molar refractivity (Wildman–Crippen MR) is 79.5 cm³/mol. The third-order valence-electron chi connectivity index (χ3n) is 3.21. The first-order valence-corrected chi connectivity index (χ1v) is 7.42. The van der Waals surface area contributed by atoms with Gasteiger partial charge in [0.25, 0.3) is 0 Å². The highest BCUT2D eigenvalue weighted by atomic mass is 127. The van der Waals surface area contributed by atoms with Crippen LogP contribution in [0.3, 0.4) is 0 Å². The van der Waals surface area contributed by atoms with Gasteiger partial charge in [0.2, 0.25) is 0 Å². The smallest absolute Gasteiger partial charge is 0.120 e. The van der Waals surface area contributed by atoms with E-state index < -0.39 is 0 Å². The molecule has 1 unspecified atom stereocenters. The summed E-state index contributed by atoms with van der Waals surface area (Å²) in [7, 11) is 0. The molecule has 1 aliphatic rings. The number of ether oxygens (including phenoxy) is 1. The van der Waals surface area contributed by atoms with Crippen LogP contribution in [0.25, 0.3) is 0 Å². The molecule has 1 atom stereocenters. The van der Waals surface area contributed by atoms with Gasteiger partial charge in [-0.25, -0.2) is 0 Å². The summed E-state index contributed by atoms with van der Waals surface area (Å²) in [5.41, 5.74) is 0. The second-order valence-electron chi connectivity index (χ2n) is 4.85. The lowest BCUT2D eigenvalue weighted by Crippen LogP contribution is -2.37. The normalized spacial score (nSPS) is 21.4. The number of nitrogens with zero attached hydrogens (tertiary/aromatic N) is 1. The molecule has 94 valence electrons. The first-order chi connectivity index (χ1) is 8.24. The van der Waals surface area contributed by atoms with Gasteiger partial charge in [0.15, 0.2) is 0 Å². The van der Waals surface area contributed by atoms with Crippen molar-refractivity contribution in [3.05, 3.63) is 27.8 Å². The fourth-order valence-corrected chi connectivity index (χ4v) is 2.85. The van der Waals surface area contributed by atoms with Gasteiger partial charge in [0.1, 0.15) is 12.4 Å². The highest BCUT2D eigenvalue weighted by Gasteiger charge is 2.15. The lowest BCUT2D eigenvalue weighted by atomic mass is 10.0. The third kappa shape index (κ3) is 4.47. The van der Waals surface area contributed by atoms with Gasteiger partial charge in [-0.05, 0) is 66.1 Å². The van der Waals surface area contributed by atoms with Crippen molar-refractivity contribution in [1.82, 2.24) is 4.90 Å². The average molecular weight is 345 g/mol. The monoisotopic (exact) mass is 345 g/mol. The third-order valence-corrected chi connectivity index (χ3v) is 3.88. The number of rotatable bonds is 4. The second kappa shape index (κ2) is 6.59. The van der Waals surface area contributed by atoms with Gasteiger partial charge in [-0.3, -0.25) is 4.90 Å². The van der Waals surface area contributed by atoms with Gasteiger partial charge < -0.3 is 4.74 Å². The predicted octanol–water partition coefficient (Wildman–Crippen LogP) is 3.40. The van der Waals surface area contributed by atoms with Gasteiger partial charge in [-0.2, -0.15) is 0 Å². The zero-order valence-electron chi connectivity index (χ0n) is 10.4. The molecule has 1 heterocycles. The molecule has 3 heteroatoms. The molecule has 0 radical (unpaired) electrons. The van der Waals surface area contributed by atoms with E-state index in [-0.39, 0.29) is 0 Å². The maximum Gasteiger partial charge on any atom is 0.120 e. The Balaban J connectivity index is 1.72. The number of halogens is 1. The van der Waals surface area contributed by atoms with E-state index in [1.54, 1.807) is 0 Å². The van der Waals surface area contributed by atoms with Crippen molar-refractivity contribution >= 4 is 22.6 Å². The number of hydrogen-bond donors (Lipinski definition) is 0. The highest BCUT2D eigenvalue weighted by molar-refractivity contribution is 14.1. The molecule has 0 bridgehead atoms. The number of benzene rings is 1. The molecule has 2 nitrogen and oxygen atoms in total. The summed E-state index contributed by atoms with van der Waals surface area (Å²) < 4.78 is 7.01. The van der Waals surface area contributed by atoms with Crippen LogP contribution < -0.4 is 4.74 Å². The molecule has 0 aromatic heterocycles. The molecule has 0 saturated carbocycles. The van der Waals surface area contributed by atoms with Crippen molar-refractivity contribution in [3.8, 4) is 5.75 Å². The summed E-state index contributed by atoms with van der Waals surface area (Å²) in [6, 6.07) is 8.24. The average Bonchev–Trinajstić information content (AvgIpc) is 2.29. The van der Waals surface area contributed by atoms with Crippen LogP contribution in [0.4, 0.5) is 0 Å². The Morgan fingerprint density at radius 1 is 1.47 bits per heavy atom. The quantitative estimate of drug-likeness (QED) is 0.776. The van der Waals surface area contributed by atoms with Crippen LogP contribution >= 0.6 is 22.6 Å². The van der Waals surface area contributed by atoms with Gasteiger partial charge in [0.05, 0.1) is 0 Å². The molecule has 0 aliphatic carbocycles. The standard InChI is InChI=1S/C14H20INO/c1-12-4-3-7-16(11-12)8-9-17-14-6-2-5-13(15)10-14/h2,5-6,10,12H,3-4,7-9,11H2,1H3. The van der Waals surface area contributed by atoms with Crippen molar-refractivity contribution in [2.24, 2.45) is 5.92 Å². The van der Waals surface area contributed by atoms with Crippen molar-refractivity contribution < 1.29 is 4.74 Å². The Bertz CT molecular complexity index is 356. The van der Waals surface area contributed by atoms with Crippen molar-refractivity contribution in [3.63, 3.8) is 0 Å². The molecular weight excluding hydrogens is 325 g/mol. The second-order valence-corrected chi connectivity index (χ2v) is 6.10. The molecule has 1 fully saturated rings. The summed E-state index contributed by atoms with van der Waals surface area (Å²) in [6.45, 7) is 6.66. The molecule has 1 aromatic rings. The van der Waals surface area contributed by atoms with Gasteiger partial charge in [-0.1, -0.05) is 13.0 Å². The molecule has 17 heavy (non-hydrogen) atoms. The van der Waals surface area contributed by atoms with E-state index >= 15 is 0 Å². The zero-order valence-corrected chi connectivity index (χ0v) is 12.5. The largest absolute Gasteiger partial charge is 0.492 e. The van der Waals surface area contributed by atoms with E-state index in [0.29, 0.717) is 0 Å². The minimum Gasteiger partial charge on any atom is -0.492 e. The Kier molecular flexibility index (Phi) is 5.10. The molecule has 0 amide bonds. The van der Waals surface area contributed by atoms with Crippen LogP contribution in [-0.4, -0.2) is 31.1 Å². The number of hydrogen-bond acceptors (Lipinski definition) is 2. The first-order valence-electron chi connectivity index (χ1n) is 6.35. The van der Waals surface area contributed by atoms with E-state index in [9.17, 15) is 0 Å². The fourth-order valence-electron chi connectivity index (χ4n) is 2.34. The summed E-state index contributed by atoms with van der Waals surface area (Å²) >= 11 is 2.31. The van der Waals surface area contributed by atoms with Crippen LogP contribution in [0.1, 0.15) is 19.8 Å². The van der Waals surface area contributed by atoms with Gasteiger partial charge in [0, 0.05) is 16.7 Å². The Labute approximate surface area is 117 Å². The van der Waals surface area contributed by atoms with Crippen molar-refractivity contribution in [2.45, 2.75) is 19.8 Å². The molecule has 2 rings (SSSR count). The Morgan fingerprint density at radius 3 is 3.12 bits per heavy atom. The first kappa shape index (κ1) is 13.1. The van der Waals surface area contributed by atoms with E-state index in [0.717, 1.165) is 24.8 Å². The molecule has 0 N–H and O–H groups in total. The van der Waals surface area contributed by atoms with Gasteiger partial charge >= 0.3 is 0 Å².